The molecule has 0 unspecified atom stereocenters. The van der Waals surface area contributed by atoms with E-state index in [1.165, 1.54) is 5.56 Å². The van der Waals surface area contributed by atoms with Gasteiger partial charge in [0.05, 0.1) is 10.2 Å². The lowest BCUT2D eigenvalue weighted by atomic mass is 10.0. The van der Waals surface area contributed by atoms with Crippen molar-refractivity contribution in [3.05, 3.63) is 70.2 Å². The highest BCUT2D eigenvalue weighted by atomic mass is 35.5. The zero-order valence-corrected chi connectivity index (χ0v) is 17.0. The van der Waals surface area contributed by atoms with Crippen LogP contribution in [-0.4, -0.2) is 34.9 Å². The standard InChI is InChI=1S/C22H22ClN3OS/c23-17-7-5-16(6-8-17)15-26-13-11-18(12-14-26)24-21(27)9-10-22-25-19-3-1-2-4-20(19)28-22/h1-10,18H,11-15H2,(H,24,27). The van der Waals surface area contributed by atoms with Crippen LogP contribution >= 0.6 is 22.9 Å². The summed E-state index contributed by atoms with van der Waals surface area (Å²) >= 11 is 7.54. The third-order valence-electron chi connectivity index (χ3n) is 4.94. The smallest absolute Gasteiger partial charge is 0.244 e. The number of fused-ring (bicyclic) bond motifs is 1. The molecule has 0 aliphatic carbocycles. The number of para-hydroxylation sites is 1. The number of benzene rings is 2. The Hall–Kier alpha value is -2.21. The number of thiazole rings is 1. The van der Waals surface area contributed by atoms with Gasteiger partial charge in [-0.25, -0.2) is 4.98 Å². The number of rotatable bonds is 5. The summed E-state index contributed by atoms with van der Waals surface area (Å²) < 4.78 is 1.13. The highest BCUT2D eigenvalue weighted by Crippen LogP contribution is 2.22. The van der Waals surface area contributed by atoms with Gasteiger partial charge >= 0.3 is 0 Å². The first kappa shape index (κ1) is 19.1. The van der Waals surface area contributed by atoms with Crippen molar-refractivity contribution < 1.29 is 4.79 Å². The third kappa shape index (κ3) is 4.98. The molecule has 0 saturated carbocycles. The fourth-order valence-electron chi connectivity index (χ4n) is 3.44. The van der Waals surface area contributed by atoms with E-state index in [9.17, 15) is 4.79 Å². The summed E-state index contributed by atoms with van der Waals surface area (Å²) in [5, 5.41) is 4.75. The number of hydrogen-bond acceptors (Lipinski definition) is 4. The molecule has 6 heteroatoms. The number of carbonyl (C=O) groups excluding carboxylic acids is 1. The molecule has 1 amide bonds. The van der Waals surface area contributed by atoms with E-state index in [1.54, 1.807) is 23.5 Å². The molecule has 3 aromatic rings. The summed E-state index contributed by atoms with van der Waals surface area (Å²) in [4.78, 5) is 19.2. The van der Waals surface area contributed by atoms with Crippen LogP contribution in [0.2, 0.25) is 5.02 Å². The molecule has 0 radical (unpaired) electrons. The minimum Gasteiger partial charge on any atom is -0.350 e. The van der Waals surface area contributed by atoms with E-state index in [2.05, 4.69) is 27.3 Å². The number of nitrogens with one attached hydrogen (secondary N) is 1. The Morgan fingerprint density at radius 3 is 2.68 bits per heavy atom. The van der Waals surface area contributed by atoms with Gasteiger partial charge in [-0.2, -0.15) is 0 Å². The number of hydrogen-bond donors (Lipinski definition) is 1. The molecule has 1 N–H and O–H groups in total. The van der Waals surface area contributed by atoms with Crippen LogP contribution in [-0.2, 0) is 11.3 Å². The van der Waals surface area contributed by atoms with Crippen LogP contribution in [0.4, 0.5) is 0 Å². The van der Waals surface area contributed by atoms with Crippen LogP contribution in [0.1, 0.15) is 23.4 Å². The van der Waals surface area contributed by atoms with Crippen LogP contribution in [0, 0.1) is 0 Å². The second-order valence-corrected chi connectivity index (χ2v) is 8.54. The molecule has 1 saturated heterocycles. The summed E-state index contributed by atoms with van der Waals surface area (Å²) in [6.07, 6.45) is 5.33. The molecule has 2 heterocycles. The predicted molar refractivity (Wildman–Crippen MR) is 117 cm³/mol. The Morgan fingerprint density at radius 2 is 1.93 bits per heavy atom. The zero-order valence-electron chi connectivity index (χ0n) is 15.5. The molecule has 1 aliphatic heterocycles. The van der Waals surface area contributed by atoms with Crippen molar-refractivity contribution in [2.75, 3.05) is 13.1 Å². The van der Waals surface area contributed by atoms with Crippen LogP contribution in [0.3, 0.4) is 0 Å². The summed E-state index contributed by atoms with van der Waals surface area (Å²) in [7, 11) is 0. The first-order valence-corrected chi connectivity index (χ1v) is 10.7. The molecule has 1 aromatic heterocycles. The van der Waals surface area contributed by atoms with Gasteiger partial charge in [0, 0.05) is 36.8 Å². The van der Waals surface area contributed by atoms with Gasteiger partial charge in [0.1, 0.15) is 5.01 Å². The molecule has 0 bridgehead atoms. The van der Waals surface area contributed by atoms with E-state index < -0.39 is 0 Å². The van der Waals surface area contributed by atoms with E-state index in [4.69, 9.17) is 11.6 Å². The maximum Gasteiger partial charge on any atom is 0.244 e. The molecule has 2 aromatic carbocycles. The second kappa shape index (κ2) is 8.86. The SMILES string of the molecule is O=C(C=Cc1nc2ccccc2s1)NC1CCN(Cc2ccc(Cl)cc2)CC1. The maximum absolute atomic E-state index is 12.3. The van der Waals surface area contributed by atoms with Crippen molar-refractivity contribution >= 4 is 45.1 Å². The zero-order chi connectivity index (χ0) is 19.3. The topological polar surface area (TPSA) is 45.2 Å². The third-order valence-corrected chi connectivity index (χ3v) is 6.19. The molecule has 1 aliphatic rings. The van der Waals surface area contributed by atoms with Gasteiger partial charge in [-0.15, -0.1) is 11.3 Å². The fraction of sp³-hybridized carbons (Fsp3) is 0.273. The molecule has 4 rings (SSSR count). The highest BCUT2D eigenvalue weighted by molar-refractivity contribution is 7.19. The van der Waals surface area contributed by atoms with E-state index in [-0.39, 0.29) is 11.9 Å². The van der Waals surface area contributed by atoms with Gasteiger partial charge in [0.15, 0.2) is 0 Å². The normalized spacial score (nSPS) is 16.0. The molecule has 1 fully saturated rings. The Labute approximate surface area is 173 Å². The average Bonchev–Trinajstić information content (AvgIpc) is 3.13. The predicted octanol–water partition coefficient (Wildman–Crippen LogP) is 4.74. The Morgan fingerprint density at radius 1 is 1.18 bits per heavy atom. The van der Waals surface area contributed by atoms with Gasteiger partial charge in [-0.05, 0) is 48.7 Å². The summed E-state index contributed by atoms with van der Waals surface area (Å²) in [5.74, 6) is -0.0459. The second-order valence-electron chi connectivity index (χ2n) is 7.04. The fourth-order valence-corrected chi connectivity index (χ4v) is 4.44. The lowest BCUT2D eigenvalue weighted by Gasteiger charge is -2.32. The van der Waals surface area contributed by atoms with Gasteiger partial charge in [0.2, 0.25) is 5.91 Å². The quantitative estimate of drug-likeness (QED) is 0.616. The van der Waals surface area contributed by atoms with Gasteiger partial charge in [0.25, 0.3) is 0 Å². The number of piperidine rings is 1. The number of aromatic nitrogens is 1. The first-order chi connectivity index (χ1) is 13.7. The van der Waals surface area contributed by atoms with E-state index in [0.717, 1.165) is 52.7 Å². The minimum absolute atomic E-state index is 0.0459. The monoisotopic (exact) mass is 411 g/mol. The summed E-state index contributed by atoms with van der Waals surface area (Å²) in [5.41, 5.74) is 2.24. The Kier molecular flexibility index (Phi) is 6.05. The van der Waals surface area contributed by atoms with Crippen molar-refractivity contribution in [3.8, 4) is 0 Å². The largest absolute Gasteiger partial charge is 0.350 e. The molecule has 0 atom stereocenters. The summed E-state index contributed by atoms with van der Waals surface area (Å²) in [6.45, 7) is 2.89. The van der Waals surface area contributed by atoms with E-state index in [1.807, 2.05) is 36.4 Å². The molecular formula is C22H22ClN3OS. The number of amides is 1. The lowest BCUT2D eigenvalue weighted by molar-refractivity contribution is -0.117. The average molecular weight is 412 g/mol. The number of halogens is 1. The lowest BCUT2D eigenvalue weighted by Crippen LogP contribution is -2.43. The van der Waals surface area contributed by atoms with Gasteiger partial charge < -0.3 is 5.32 Å². The van der Waals surface area contributed by atoms with Gasteiger partial charge in [-0.1, -0.05) is 35.9 Å². The van der Waals surface area contributed by atoms with Crippen LogP contribution in [0.15, 0.2) is 54.6 Å². The van der Waals surface area contributed by atoms with Crippen LogP contribution in [0.5, 0.6) is 0 Å². The minimum atomic E-state index is -0.0459. The Balaban J connectivity index is 1.25. The number of likely N-dealkylation sites (tertiary alicyclic amines) is 1. The van der Waals surface area contributed by atoms with Crippen LogP contribution < -0.4 is 5.32 Å². The Bertz CT molecular complexity index is 942. The van der Waals surface area contributed by atoms with Crippen molar-refractivity contribution in [3.63, 3.8) is 0 Å². The van der Waals surface area contributed by atoms with Crippen LogP contribution in [0.25, 0.3) is 16.3 Å². The number of carbonyl (C=O) groups is 1. The number of nitrogens with zero attached hydrogens (tertiary/aromatic N) is 2. The molecule has 4 nitrogen and oxygen atoms in total. The molecular weight excluding hydrogens is 390 g/mol. The van der Waals surface area contributed by atoms with Gasteiger partial charge in [-0.3, -0.25) is 9.69 Å². The van der Waals surface area contributed by atoms with Crippen molar-refractivity contribution in [1.29, 1.82) is 0 Å². The molecule has 0 spiro atoms. The van der Waals surface area contributed by atoms with E-state index >= 15 is 0 Å². The maximum atomic E-state index is 12.3. The first-order valence-electron chi connectivity index (χ1n) is 9.47. The molecule has 144 valence electrons. The van der Waals surface area contributed by atoms with Crippen molar-refractivity contribution in [1.82, 2.24) is 15.2 Å². The summed E-state index contributed by atoms with van der Waals surface area (Å²) in [6, 6.07) is 16.2. The highest BCUT2D eigenvalue weighted by Gasteiger charge is 2.20. The molecule has 28 heavy (non-hydrogen) atoms. The van der Waals surface area contributed by atoms with E-state index in [0.29, 0.717) is 0 Å². The van der Waals surface area contributed by atoms with Crippen molar-refractivity contribution in [2.24, 2.45) is 0 Å². The van der Waals surface area contributed by atoms with Crippen molar-refractivity contribution in [2.45, 2.75) is 25.4 Å².